The summed E-state index contributed by atoms with van der Waals surface area (Å²) in [5.41, 5.74) is 0.823. The van der Waals surface area contributed by atoms with Gasteiger partial charge in [0.15, 0.2) is 0 Å². The minimum Gasteiger partial charge on any atom is -0.476 e. The highest BCUT2D eigenvalue weighted by molar-refractivity contribution is 5.36. The number of nitrogens with zero attached hydrogens (tertiary/aromatic N) is 3. The number of aromatic nitrogens is 1. The van der Waals surface area contributed by atoms with Crippen molar-refractivity contribution in [2.45, 2.75) is 19.4 Å². The maximum Gasteiger partial charge on any atom is 0.231 e. The van der Waals surface area contributed by atoms with Crippen molar-refractivity contribution in [2.75, 3.05) is 19.7 Å². The van der Waals surface area contributed by atoms with Crippen LogP contribution >= 0.6 is 0 Å². The number of pyridine rings is 1. The fourth-order valence-corrected chi connectivity index (χ4v) is 3.00. The standard InChI is InChI=1S/C19H19F2N3O/c20-17-3-4-18(21)16(10-17)12-24-8-5-14(6-9-24)13-25-19-15(11-22)2-1-7-23-19/h1-4,7,10,14H,5-6,8-9,12-13H2. The average Bonchev–Trinajstić information content (AvgIpc) is 2.64. The fraction of sp³-hybridized carbons (Fsp3) is 0.368. The molecule has 0 N–H and O–H groups in total. The van der Waals surface area contributed by atoms with Crippen LogP contribution in [0, 0.1) is 28.9 Å². The molecule has 6 heteroatoms. The monoisotopic (exact) mass is 343 g/mol. The third kappa shape index (κ3) is 4.52. The third-order valence-corrected chi connectivity index (χ3v) is 4.46. The summed E-state index contributed by atoms with van der Waals surface area (Å²) >= 11 is 0. The molecule has 25 heavy (non-hydrogen) atoms. The lowest BCUT2D eigenvalue weighted by atomic mass is 9.97. The zero-order valence-corrected chi connectivity index (χ0v) is 13.8. The van der Waals surface area contributed by atoms with Crippen molar-refractivity contribution in [1.29, 1.82) is 5.26 Å². The van der Waals surface area contributed by atoms with Crippen LogP contribution in [0.4, 0.5) is 8.78 Å². The highest BCUT2D eigenvalue weighted by Crippen LogP contribution is 2.22. The molecule has 0 saturated carbocycles. The van der Waals surface area contributed by atoms with Crippen LogP contribution < -0.4 is 4.74 Å². The molecule has 2 aromatic rings. The van der Waals surface area contributed by atoms with Crippen LogP contribution in [0.3, 0.4) is 0 Å². The average molecular weight is 343 g/mol. The molecule has 1 aliphatic heterocycles. The normalized spacial score (nSPS) is 15.7. The quantitative estimate of drug-likeness (QED) is 0.833. The zero-order valence-electron chi connectivity index (χ0n) is 13.8. The molecule has 0 amide bonds. The van der Waals surface area contributed by atoms with Crippen LogP contribution in [0.5, 0.6) is 5.88 Å². The number of hydrogen-bond donors (Lipinski definition) is 0. The number of halogens is 2. The Balaban J connectivity index is 1.49. The van der Waals surface area contributed by atoms with E-state index in [1.54, 1.807) is 18.3 Å². The molecule has 0 bridgehead atoms. The summed E-state index contributed by atoms with van der Waals surface area (Å²) in [5, 5.41) is 9.04. The number of ether oxygens (including phenoxy) is 1. The second kappa shape index (κ2) is 8.04. The third-order valence-electron chi connectivity index (χ3n) is 4.46. The number of benzene rings is 1. The summed E-state index contributed by atoms with van der Waals surface area (Å²) in [6.07, 6.45) is 3.42. The molecule has 1 fully saturated rings. The number of rotatable bonds is 5. The molecule has 0 aliphatic carbocycles. The Bertz CT molecular complexity index is 768. The van der Waals surface area contributed by atoms with Crippen LogP contribution in [0.25, 0.3) is 0 Å². The minimum atomic E-state index is -0.414. The Labute approximate surface area is 145 Å². The minimum absolute atomic E-state index is 0.363. The summed E-state index contributed by atoms with van der Waals surface area (Å²) in [7, 11) is 0. The van der Waals surface area contributed by atoms with E-state index in [0.29, 0.717) is 36.1 Å². The highest BCUT2D eigenvalue weighted by Gasteiger charge is 2.21. The van der Waals surface area contributed by atoms with Crippen molar-refractivity contribution < 1.29 is 13.5 Å². The van der Waals surface area contributed by atoms with E-state index in [-0.39, 0.29) is 5.82 Å². The van der Waals surface area contributed by atoms with Gasteiger partial charge in [-0.1, -0.05) is 0 Å². The molecule has 1 saturated heterocycles. The molecule has 0 radical (unpaired) electrons. The van der Waals surface area contributed by atoms with E-state index in [1.807, 2.05) is 0 Å². The first-order valence-electron chi connectivity index (χ1n) is 8.30. The van der Waals surface area contributed by atoms with Crippen LogP contribution in [0.15, 0.2) is 36.5 Å². The molecule has 130 valence electrons. The summed E-state index contributed by atoms with van der Waals surface area (Å²) in [6, 6.07) is 9.01. The molecule has 3 rings (SSSR count). The molecule has 4 nitrogen and oxygen atoms in total. The van der Waals surface area contributed by atoms with Crippen molar-refractivity contribution >= 4 is 0 Å². The van der Waals surface area contributed by atoms with Gasteiger partial charge in [0.25, 0.3) is 0 Å². The Morgan fingerprint density at radius 2 is 2.04 bits per heavy atom. The number of hydrogen-bond acceptors (Lipinski definition) is 4. The van der Waals surface area contributed by atoms with Crippen molar-refractivity contribution in [3.63, 3.8) is 0 Å². The fourth-order valence-electron chi connectivity index (χ4n) is 3.00. The number of likely N-dealkylation sites (tertiary alicyclic amines) is 1. The van der Waals surface area contributed by atoms with Gasteiger partial charge in [0.2, 0.25) is 5.88 Å². The van der Waals surface area contributed by atoms with E-state index in [4.69, 9.17) is 10.00 Å². The first-order chi connectivity index (χ1) is 12.2. The van der Waals surface area contributed by atoms with E-state index in [2.05, 4.69) is 16.0 Å². The van der Waals surface area contributed by atoms with E-state index >= 15 is 0 Å². The van der Waals surface area contributed by atoms with Gasteiger partial charge >= 0.3 is 0 Å². The van der Waals surface area contributed by atoms with E-state index in [1.165, 1.54) is 12.1 Å². The molecular weight excluding hydrogens is 324 g/mol. The van der Waals surface area contributed by atoms with Gasteiger partial charge < -0.3 is 4.74 Å². The molecular formula is C19H19F2N3O. The molecule has 1 aliphatic rings. The molecule has 0 unspecified atom stereocenters. The summed E-state index contributed by atoms with van der Waals surface area (Å²) in [6.45, 7) is 2.53. The lowest BCUT2D eigenvalue weighted by molar-refractivity contribution is 0.133. The van der Waals surface area contributed by atoms with Crippen molar-refractivity contribution in [1.82, 2.24) is 9.88 Å². The smallest absolute Gasteiger partial charge is 0.231 e. The molecule has 1 aromatic carbocycles. The molecule has 0 atom stereocenters. The van der Waals surface area contributed by atoms with Gasteiger partial charge in [0, 0.05) is 18.3 Å². The Morgan fingerprint density at radius 1 is 1.24 bits per heavy atom. The Hall–Kier alpha value is -2.52. The van der Waals surface area contributed by atoms with Crippen LogP contribution in [-0.4, -0.2) is 29.6 Å². The van der Waals surface area contributed by atoms with Gasteiger partial charge in [-0.25, -0.2) is 13.8 Å². The van der Waals surface area contributed by atoms with Gasteiger partial charge in [-0.05, 0) is 62.2 Å². The van der Waals surface area contributed by atoms with Crippen molar-refractivity contribution in [2.24, 2.45) is 5.92 Å². The zero-order chi connectivity index (χ0) is 17.6. The lowest BCUT2D eigenvalue weighted by Crippen LogP contribution is -2.35. The van der Waals surface area contributed by atoms with Gasteiger partial charge in [-0.2, -0.15) is 5.26 Å². The van der Waals surface area contributed by atoms with Gasteiger partial charge in [0.1, 0.15) is 23.3 Å². The first kappa shape index (κ1) is 17.3. The first-order valence-corrected chi connectivity index (χ1v) is 8.30. The lowest BCUT2D eigenvalue weighted by Gasteiger charge is -2.31. The maximum absolute atomic E-state index is 13.7. The van der Waals surface area contributed by atoms with Gasteiger partial charge in [-0.3, -0.25) is 4.90 Å². The van der Waals surface area contributed by atoms with Crippen molar-refractivity contribution in [3.05, 3.63) is 59.3 Å². The van der Waals surface area contributed by atoms with Crippen molar-refractivity contribution in [3.8, 4) is 11.9 Å². The molecule has 1 aromatic heterocycles. The van der Waals surface area contributed by atoms with Crippen LogP contribution in [0.1, 0.15) is 24.0 Å². The second-order valence-electron chi connectivity index (χ2n) is 6.23. The van der Waals surface area contributed by atoms with Crippen LogP contribution in [-0.2, 0) is 6.54 Å². The maximum atomic E-state index is 13.7. The second-order valence-corrected chi connectivity index (χ2v) is 6.23. The predicted octanol–water partition coefficient (Wildman–Crippen LogP) is 3.52. The summed E-state index contributed by atoms with van der Waals surface area (Å²) in [4.78, 5) is 6.21. The van der Waals surface area contributed by atoms with E-state index in [0.717, 1.165) is 32.0 Å². The summed E-state index contributed by atoms with van der Waals surface area (Å²) < 4.78 is 32.7. The highest BCUT2D eigenvalue weighted by atomic mass is 19.1. The SMILES string of the molecule is N#Cc1cccnc1OCC1CCN(Cc2cc(F)ccc2F)CC1. The predicted molar refractivity (Wildman–Crippen MR) is 88.8 cm³/mol. The van der Waals surface area contributed by atoms with Crippen LogP contribution in [0.2, 0.25) is 0 Å². The Kier molecular flexibility index (Phi) is 5.56. The molecule has 0 spiro atoms. The van der Waals surface area contributed by atoms with E-state index < -0.39 is 5.82 Å². The Morgan fingerprint density at radius 3 is 2.80 bits per heavy atom. The number of nitriles is 1. The largest absolute Gasteiger partial charge is 0.476 e. The summed E-state index contributed by atoms with van der Waals surface area (Å²) in [5.74, 6) is -0.0502. The van der Waals surface area contributed by atoms with Gasteiger partial charge in [-0.15, -0.1) is 0 Å². The molecule has 2 heterocycles. The number of piperidine rings is 1. The van der Waals surface area contributed by atoms with E-state index in [9.17, 15) is 8.78 Å². The van der Waals surface area contributed by atoms with Gasteiger partial charge in [0.05, 0.1) is 6.61 Å². The topological polar surface area (TPSA) is 49.1 Å².